The second-order valence-electron chi connectivity index (χ2n) is 6.74. The van der Waals surface area contributed by atoms with E-state index in [0.717, 1.165) is 16.5 Å². The van der Waals surface area contributed by atoms with Gasteiger partial charge in [0.1, 0.15) is 5.03 Å². The highest BCUT2D eigenvalue weighted by Gasteiger charge is 2.21. The van der Waals surface area contributed by atoms with Crippen molar-refractivity contribution in [2.24, 2.45) is 0 Å². The number of aromatic nitrogens is 2. The van der Waals surface area contributed by atoms with Crippen LogP contribution in [0.15, 0.2) is 16.6 Å². The fourth-order valence-electron chi connectivity index (χ4n) is 1.69. The first-order chi connectivity index (χ1) is 8.66. The molecule has 0 radical (unpaired) electrons. The van der Waals surface area contributed by atoms with Crippen molar-refractivity contribution in [2.75, 3.05) is 0 Å². The third-order valence-electron chi connectivity index (χ3n) is 2.51. The molecule has 0 saturated carbocycles. The first kappa shape index (κ1) is 14.9. The van der Waals surface area contributed by atoms with Gasteiger partial charge in [0, 0.05) is 28.4 Å². The fraction of sp³-hybridized carbons (Fsp3) is 0.643. The van der Waals surface area contributed by atoms with Crippen LogP contribution in [-0.2, 0) is 6.54 Å². The molecular formula is C14H23N3S2. The molecule has 5 heteroatoms. The molecule has 1 N–H and O–H groups in total. The van der Waals surface area contributed by atoms with Gasteiger partial charge >= 0.3 is 0 Å². The maximum atomic E-state index is 4.76. The molecule has 0 spiro atoms. The molecule has 19 heavy (non-hydrogen) atoms. The third-order valence-corrected chi connectivity index (χ3v) is 4.40. The van der Waals surface area contributed by atoms with Gasteiger partial charge < -0.3 is 5.32 Å². The lowest BCUT2D eigenvalue weighted by atomic mass is 10.1. The molecule has 0 bridgehead atoms. The molecule has 0 fully saturated rings. The first-order valence-corrected chi connectivity index (χ1v) is 8.24. The van der Waals surface area contributed by atoms with E-state index in [4.69, 9.17) is 4.98 Å². The Bertz CT molecular complexity index is 555. The zero-order valence-electron chi connectivity index (χ0n) is 12.6. The molecule has 0 unspecified atom stereocenters. The molecule has 0 aliphatic heterocycles. The van der Waals surface area contributed by atoms with Crippen molar-refractivity contribution in [1.82, 2.24) is 14.7 Å². The smallest absolute Gasteiger partial charge is 0.194 e. The van der Waals surface area contributed by atoms with E-state index in [2.05, 4.69) is 62.8 Å². The average molecular weight is 297 g/mol. The van der Waals surface area contributed by atoms with Gasteiger partial charge in [0.2, 0.25) is 0 Å². The molecule has 2 heterocycles. The average Bonchev–Trinajstić information content (AvgIpc) is 2.71. The SMILES string of the molecule is CC(C)(C)NCc1c(SC(C)(C)C)nc2sccn12. The number of rotatable bonds is 3. The molecule has 0 atom stereocenters. The van der Waals surface area contributed by atoms with Gasteiger partial charge in [0.25, 0.3) is 0 Å². The summed E-state index contributed by atoms with van der Waals surface area (Å²) in [6, 6.07) is 0. The van der Waals surface area contributed by atoms with E-state index in [9.17, 15) is 0 Å². The summed E-state index contributed by atoms with van der Waals surface area (Å²) >= 11 is 3.54. The van der Waals surface area contributed by atoms with Crippen LogP contribution in [-0.4, -0.2) is 19.7 Å². The van der Waals surface area contributed by atoms with Crippen LogP contribution >= 0.6 is 23.1 Å². The summed E-state index contributed by atoms with van der Waals surface area (Å²) in [5, 5.41) is 6.80. The molecule has 0 aliphatic carbocycles. The van der Waals surface area contributed by atoms with E-state index >= 15 is 0 Å². The summed E-state index contributed by atoms with van der Waals surface area (Å²) in [6.45, 7) is 14.1. The van der Waals surface area contributed by atoms with E-state index in [1.165, 1.54) is 5.69 Å². The van der Waals surface area contributed by atoms with Crippen molar-refractivity contribution >= 4 is 28.1 Å². The Hall–Kier alpha value is -0.520. The minimum Gasteiger partial charge on any atom is -0.306 e. The van der Waals surface area contributed by atoms with Gasteiger partial charge in [-0.15, -0.1) is 11.3 Å². The van der Waals surface area contributed by atoms with E-state index in [-0.39, 0.29) is 10.3 Å². The van der Waals surface area contributed by atoms with Gasteiger partial charge in [-0.2, -0.15) is 0 Å². The van der Waals surface area contributed by atoms with Crippen LogP contribution in [0.1, 0.15) is 47.2 Å². The predicted molar refractivity (Wildman–Crippen MR) is 85.3 cm³/mol. The number of hydrogen-bond donors (Lipinski definition) is 1. The lowest BCUT2D eigenvalue weighted by Crippen LogP contribution is -2.35. The monoisotopic (exact) mass is 297 g/mol. The number of nitrogens with zero attached hydrogens (tertiary/aromatic N) is 2. The van der Waals surface area contributed by atoms with E-state index < -0.39 is 0 Å². The highest BCUT2D eigenvalue weighted by atomic mass is 32.2. The molecule has 2 aromatic rings. The second-order valence-corrected chi connectivity index (χ2v) is 9.43. The Morgan fingerprint density at radius 3 is 2.53 bits per heavy atom. The number of thiazole rings is 1. The quantitative estimate of drug-likeness (QED) is 0.862. The zero-order valence-corrected chi connectivity index (χ0v) is 14.2. The lowest BCUT2D eigenvalue weighted by molar-refractivity contribution is 0.418. The number of fused-ring (bicyclic) bond motifs is 1. The number of nitrogens with one attached hydrogen (secondary N) is 1. The predicted octanol–water partition coefficient (Wildman–Crippen LogP) is 4.17. The van der Waals surface area contributed by atoms with Crippen LogP contribution in [0, 0.1) is 0 Å². The summed E-state index contributed by atoms with van der Waals surface area (Å²) < 4.78 is 2.39. The van der Waals surface area contributed by atoms with Crippen molar-refractivity contribution in [1.29, 1.82) is 0 Å². The van der Waals surface area contributed by atoms with E-state index in [1.54, 1.807) is 11.3 Å². The molecular weight excluding hydrogens is 274 g/mol. The van der Waals surface area contributed by atoms with Crippen LogP contribution in [0.4, 0.5) is 0 Å². The third kappa shape index (κ3) is 3.97. The van der Waals surface area contributed by atoms with Gasteiger partial charge in [0.15, 0.2) is 4.96 Å². The van der Waals surface area contributed by atoms with Gasteiger partial charge in [-0.25, -0.2) is 4.98 Å². The summed E-state index contributed by atoms with van der Waals surface area (Å²) in [5.41, 5.74) is 1.38. The first-order valence-electron chi connectivity index (χ1n) is 6.54. The van der Waals surface area contributed by atoms with Gasteiger partial charge in [-0.05, 0) is 20.8 Å². The molecule has 106 valence electrons. The van der Waals surface area contributed by atoms with Crippen molar-refractivity contribution in [3.63, 3.8) is 0 Å². The summed E-state index contributed by atoms with van der Waals surface area (Å²) in [6.07, 6.45) is 2.11. The molecule has 3 nitrogen and oxygen atoms in total. The normalized spacial score (nSPS) is 13.4. The van der Waals surface area contributed by atoms with Crippen LogP contribution in [0.3, 0.4) is 0 Å². The number of thioether (sulfide) groups is 1. The van der Waals surface area contributed by atoms with Crippen LogP contribution in [0.5, 0.6) is 0 Å². The Morgan fingerprint density at radius 1 is 1.26 bits per heavy atom. The zero-order chi connectivity index (χ0) is 14.3. The molecule has 0 aliphatic rings. The fourth-order valence-corrected chi connectivity index (χ4v) is 3.49. The highest BCUT2D eigenvalue weighted by molar-refractivity contribution is 8.00. The topological polar surface area (TPSA) is 29.3 Å². The van der Waals surface area contributed by atoms with Crippen molar-refractivity contribution in [2.45, 2.75) is 63.4 Å². The van der Waals surface area contributed by atoms with Gasteiger partial charge in [0.05, 0.1) is 5.69 Å². The lowest BCUT2D eigenvalue weighted by Gasteiger charge is -2.21. The van der Waals surface area contributed by atoms with Crippen LogP contribution in [0.25, 0.3) is 4.96 Å². The molecule has 2 aromatic heterocycles. The Labute approximate surface area is 123 Å². The van der Waals surface area contributed by atoms with E-state index in [0.29, 0.717) is 0 Å². The largest absolute Gasteiger partial charge is 0.306 e. The Morgan fingerprint density at radius 2 is 1.95 bits per heavy atom. The minimum absolute atomic E-state index is 0.115. The standard InChI is InChI=1S/C14H23N3S2/c1-13(2,3)15-9-10-11(19-14(4,5)6)16-12-17(10)7-8-18-12/h7-8,15H,9H2,1-6H3. The molecule has 2 rings (SSSR count). The minimum atomic E-state index is 0.115. The van der Waals surface area contributed by atoms with Gasteiger partial charge in [-0.1, -0.05) is 32.5 Å². The maximum Gasteiger partial charge on any atom is 0.194 e. The summed E-state index contributed by atoms with van der Waals surface area (Å²) in [4.78, 5) is 5.84. The molecule has 0 aromatic carbocycles. The van der Waals surface area contributed by atoms with Crippen molar-refractivity contribution < 1.29 is 0 Å². The summed E-state index contributed by atoms with van der Waals surface area (Å²) in [5.74, 6) is 0. The van der Waals surface area contributed by atoms with Crippen LogP contribution in [0.2, 0.25) is 0 Å². The number of hydrogen-bond acceptors (Lipinski definition) is 4. The highest BCUT2D eigenvalue weighted by Crippen LogP contribution is 2.35. The molecule has 0 amide bonds. The van der Waals surface area contributed by atoms with E-state index in [1.807, 2.05) is 11.8 Å². The maximum absolute atomic E-state index is 4.76. The van der Waals surface area contributed by atoms with Gasteiger partial charge in [-0.3, -0.25) is 4.40 Å². The van der Waals surface area contributed by atoms with Crippen molar-refractivity contribution in [3.8, 4) is 0 Å². The van der Waals surface area contributed by atoms with Crippen molar-refractivity contribution in [3.05, 3.63) is 17.3 Å². The Kier molecular flexibility index (Phi) is 4.00. The molecule has 0 saturated heterocycles. The van der Waals surface area contributed by atoms with Crippen LogP contribution < -0.4 is 5.32 Å². The Balaban J connectivity index is 2.32. The number of imidazole rings is 1. The second kappa shape index (κ2) is 5.11. The summed E-state index contributed by atoms with van der Waals surface area (Å²) in [7, 11) is 0.